The summed E-state index contributed by atoms with van der Waals surface area (Å²) in [6, 6.07) is 0. The Bertz CT molecular complexity index is 1250. The molecule has 0 atom stereocenters. The molecule has 5 rings (SSSR count). The Morgan fingerprint density at radius 1 is 0.524 bits per heavy atom. The van der Waals surface area contributed by atoms with Gasteiger partial charge in [-0.3, -0.25) is 9.11 Å². The summed E-state index contributed by atoms with van der Waals surface area (Å²) in [5, 5.41) is 0. The molecule has 0 aromatic rings. The minimum absolute atomic E-state index is 0.894. The van der Waals surface area contributed by atoms with Crippen molar-refractivity contribution in [3.8, 4) is 0 Å². The predicted molar refractivity (Wildman–Crippen MR) is 175 cm³/mol. The van der Waals surface area contributed by atoms with Crippen molar-refractivity contribution in [2.75, 3.05) is 0 Å². The molecule has 42 heavy (non-hydrogen) atoms. The van der Waals surface area contributed by atoms with Gasteiger partial charge in [0.05, 0.1) is 45.6 Å². The first-order valence-electron chi connectivity index (χ1n) is 14.9. The van der Waals surface area contributed by atoms with Crippen LogP contribution < -0.4 is 0 Å². The number of unbranched alkanes of at least 4 members (excludes halogenated alkanes) is 9. The van der Waals surface area contributed by atoms with Crippen LogP contribution in [0.5, 0.6) is 0 Å². The van der Waals surface area contributed by atoms with Gasteiger partial charge in [-0.25, -0.2) is 20.0 Å². The fourth-order valence-corrected chi connectivity index (χ4v) is 5.06. The zero-order valence-corrected chi connectivity index (χ0v) is 27.4. The summed E-state index contributed by atoms with van der Waals surface area (Å²) in [5.74, 6) is 0. The molecule has 5 aliphatic heterocycles. The molecule has 2 N–H and O–H groups in total. The van der Waals surface area contributed by atoms with Crippen LogP contribution in [-0.2, 0) is 10.4 Å². The van der Waals surface area contributed by atoms with Crippen molar-refractivity contribution in [1.29, 1.82) is 0 Å². The van der Waals surface area contributed by atoms with E-state index in [-0.39, 0.29) is 0 Å². The van der Waals surface area contributed by atoms with E-state index in [9.17, 15) is 0 Å². The van der Waals surface area contributed by atoms with Crippen LogP contribution in [0.4, 0.5) is 0 Å². The van der Waals surface area contributed by atoms with E-state index in [0.717, 1.165) is 45.6 Å². The van der Waals surface area contributed by atoms with Crippen molar-refractivity contribution < 1.29 is 17.5 Å². The molecule has 0 spiro atoms. The topological polar surface area (TPSA) is 124 Å². The fourth-order valence-electron chi connectivity index (χ4n) is 4.56. The molecule has 218 valence electrons. The van der Waals surface area contributed by atoms with Crippen LogP contribution in [0.2, 0.25) is 3.67 Å². The van der Waals surface area contributed by atoms with Crippen molar-refractivity contribution in [3.63, 3.8) is 0 Å². The predicted octanol–water partition coefficient (Wildman–Crippen LogP) is 7.42. The molecule has 8 bridgehead atoms. The number of fused-ring (bicyclic) bond motifs is 4. The van der Waals surface area contributed by atoms with Crippen LogP contribution in [0, 0.1) is 0 Å². The van der Waals surface area contributed by atoms with Gasteiger partial charge < -0.3 is 0 Å². The summed E-state index contributed by atoms with van der Waals surface area (Å²) in [6.07, 6.45) is 38.5. The Labute approximate surface area is 267 Å². The van der Waals surface area contributed by atoms with Crippen molar-refractivity contribution in [1.82, 2.24) is 0 Å². The molecule has 0 saturated heterocycles. The summed E-state index contributed by atoms with van der Waals surface area (Å²) in [6.45, 7) is 2.29. The van der Waals surface area contributed by atoms with Gasteiger partial charge in [0.2, 0.25) is 0 Å². The molecule has 0 aliphatic carbocycles. The number of hydrogen-bond donors (Lipinski definition) is 2. The van der Waals surface area contributed by atoms with Gasteiger partial charge in [0.25, 0.3) is 0 Å². The van der Waals surface area contributed by atoms with Crippen LogP contribution in [0.25, 0.3) is 0 Å². The minimum Gasteiger partial charge on any atom is -0.264 e. The summed E-state index contributed by atoms with van der Waals surface area (Å²) in [5.41, 5.74) is 7.15. The Morgan fingerprint density at radius 2 is 0.786 bits per heavy atom. The maximum Gasteiger partial charge on any atom is 0.394 e. The van der Waals surface area contributed by atoms with Crippen molar-refractivity contribution >= 4 is 61.2 Å². The maximum atomic E-state index is 8.74. The first-order valence-corrected chi connectivity index (χ1v) is 17.7. The van der Waals surface area contributed by atoms with Crippen molar-refractivity contribution in [3.05, 3.63) is 95.7 Å². The van der Waals surface area contributed by atoms with Crippen molar-refractivity contribution in [2.24, 2.45) is 20.0 Å². The third kappa shape index (κ3) is 14.1. The average molecular weight is 599 g/mol. The van der Waals surface area contributed by atoms with E-state index in [4.69, 9.17) is 17.5 Å². The molecule has 0 saturated carbocycles. The van der Waals surface area contributed by atoms with E-state index in [0.29, 0.717) is 0 Å². The Kier molecular flexibility index (Phi) is 14.7. The van der Waals surface area contributed by atoms with Gasteiger partial charge >= 0.3 is 113 Å². The summed E-state index contributed by atoms with van der Waals surface area (Å²) >= 11 is 1.41. The fraction of sp³-hybridized carbons (Fsp3) is 0.375. The SMILES string of the molecule is C1=CC2=NC1=CC1=NC(=CC3=NC(=CC4=NC(=C2)C=C4)C=C3)C=C1.CCCCCCCCCCC[CH2][Na].O=S(=O)(O)O. The summed E-state index contributed by atoms with van der Waals surface area (Å²) < 4.78 is 33.1. The van der Waals surface area contributed by atoms with Crippen LogP contribution in [0.1, 0.15) is 71.1 Å². The van der Waals surface area contributed by atoms with Gasteiger partial charge in [-0.05, 0) is 72.9 Å². The molecule has 0 amide bonds. The second-order valence-electron chi connectivity index (χ2n) is 10.4. The first kappa shape index (κ1) is 34.0. The van der Waals surface area contributed by atoms with Crippen molar-refractivity contribution in [2.45, 2.75) is 74.8 Å². The molecular formula is C32H39N4NaO4S. The van der Waals surface area contributed by atoms with Gasteiger partial charge in [0.1, 0.15) is 0 Å². The molecule has 5 heterocycles. The standard InChI is InChI=1S/C20H12N4.C12H25.Na.H2O4S/c1-2-14-10-16-5-6-18(23-16)12-20-8-7-19(24-20)11-17-4-3-15(22-17)9-13(1)21-14;1-3-5-7-9-11-12-10-8-6-4-2;;1-5(2,3)4/h1-12H;1,3-12H2,2H3;;(H2,1,2,3,4). The normalized spacial score (nSPS) is 17.6. The number of nitrogens with zero attached hydrogens (tertiary/aromatic N) is 4. The zero-order chi connectivity index (χ0) is 30.2. The zero-order valence-electron chi connectivity index (χ0n) is 24.6. The Balaban J connectivity index is 0.000000229. The number of aliphatic imine (C=N–C) groups is 4. The van der Waals surface area contributed by atoms with E-state index in [1.54, 1.807) is 0 Å². The van der Waals surface area contributed by atoms with Gasteiger partial charge in [-0.1, -0.05) is 0 Å². The van der Waals surface area contributed by atoms with E-state index in [1.165, 1.54) is 95.8 Å². The molecular weight excluding hydrogens is 559 g/mol. The molecule has 0 aromatic heterocycles. The minimum atomic E-state index is -4.67. The Hall–Kier alpha value is -2.53. The number of hydrogen-bond acceptors (Lipinski definition) is 6. The first-order chi connectivity index (χ1) is 20.2. The third-order valence-corrected chi connectivity index (χ3v) is 7.33. The number of allylic oxidation sites excluding steroid dienone is 12. The molecule has 0 unspecified atom stereocenters. The van der Waals surface area contributed by atoms with Crippen LogP contribution in [0.15, 0.2) is 116 Å². The van der Waals surface area contributed by atoms with Crippen LogP contribution in [-0.4, -0.2) is 68.3 Å². The molecule has 5 aliphatic rings. The van der Waals surface area contributed by atoms with E-state index < -0.39 is 10.4 Å². The monoisotopic (exact) mass is 598 g/mol. The largest absolute Gasteiger partial charge is 0.394 e. The maximum absolute atomic E-state index is 8.74. The Morgan fingerprint density at radius 3 is 1.05 bits per heavy atom. The molecule has 0 aromatic carbocycles. The van der Waals surface area contributed by atoms with Gasteiger partial charge in [0.15, 0.2) is 0 Å². The average Bonchev–Trinajstić information content (AvgIpc) is 3.74. The summed E-state index contributed by atoms with van der Waals surface area (Å²) in [7, 11) is -4.67. The van der Waals surface area contributed by atoms with Crippen LogP contribution >= 0.6 is 0 Å². The quantitative estimate of drug-likeness (QED) is 0.154. The van der Waals surface area contributed by atoms with Gasteiger partial charge in [-0.15, -0.1) is 0 Å². The second kappa shape index (κ2) is 18.2. The smallest absolute Gasteiger partial charge is 0.264 e. The molecule has 8 nitrogen and oxygen atoms in total. The molecule has 0 radical (unpaired) electrons. The van der Waals surface area contributed by atoms with Crippen LogP contribution in [0.3, 0.4) is 0 Å². The van der Waals surface area contributed by atoms with Gasteiger partial charge in [0, 0.05) is 0 Å². The van der Waals surface area contributed by atoms with Gasteiger partial charge in [-0.2, -0.15) is 8.42 Å². The van der Waals surface area contributed by atoms with E-state index >= 15 is 0 Å². The van der Waals surface area contributed by atoms with E-state index in [2.05, 4.69) is 26.9 Å². The molecule has 0 fully saturated rings. The third-order valence-electron chi connectivity index (χ3n) is 6.62. The molecule has 10 heteroatoms. The summed E-state index contributed by atoms with van der Waals surface area (Å²) in [4.78, 5) is 18.4. The second-order valence-corrected chi connectivity index (χ2v) is 12.3. The number of rotatable bonds is 10. The van der Waals surface area contributed by atoms with E-state index in [1.807, 2.05) is 72.9 Å².